The van der Waals surface area contributed by atoms with Crippen LogP contribution in [0.4, 0.5) is 0 Å². The van der Waals surface area contributed by atoms with E-state index < -0.39 is 0 Å². The van der Waals surface area contributed by atoms with Gasteiger partial charge >= 0.3 is 0 Å². The molecule has 110 valence electrons. The van der Waals surface area contributed by atoms with Crippen LogP contribution in [0.15, 0.2) is 59.8 Å². The van der Waals surface area contributed by atoms with Gasteiger partial charge in [0.05, 0.1) is 11.3 Å². The molecule has 0 unspecified atom stereocenters. The molecule has 22 heavy (non-hydrogen) atoms. The highest BCUT2D eigenvalue weighted by atomic mass is 35.5. The zero-order valence-electron chi connectivity index (χ0n) is 11.9. The van der Waals surface area contributed by atoms with Crippen molar-refractivity contribution in [2.24, 2.45) is 5.10 Å². The first kappa shape index (κ1) is 14.4. The minimum atomic E-state index is -0.245. The highest BCUT2D eigenvalue weighted by molar-refractivity contribution is 6.30. The van der Waals surface area contributed by atoms with Gasteiger partial charge in [0.25, 0.3) is 5.91 Å². The van der Waals surface area contributed by atoms with E-state index in [9.17, 15) is 4.79 Å². The van der Waals surface area contributed by atoms with Crippen molar-refractivity contribution in [3.05, 3.63) is 70.9 Å². The van der Waals surface area contributed by atoms with E-state index in [2.05, 4.69) is 15.5 Å². The van der Waals surface area contributed by atoms with Crippen molar-refractivity contribution in [3.63, 3.8) is 0 Å². The number of para-hydroxylation sites is 1. The van der Waals surface area contributed by atoms with Crippen molar-refractivity contribution < 1.29 is 4.79 Å². The van der Waals surface area contributed by atoms with Gasteiger partial charge in [0, 0.05) is 22.1 Å². The minimum Gasteiger partial charge on any atom is -0.360 e. The first-order valence-corrected chi connectivity index (χ1v) is 7.19. The molecule has 1 heterocycles. The summed E-state index contributed by atoms with van der Waals surface area (Å²) in [5.74, 6) is -0.245. The number of aromatic amines is 1. The van der Waals surface area contributed by atoms with Gasteiger partial charge in [0.15, 0.2) is 0 Å². The SMILES string of the molecule is CC(=NNC(=O)c1c[nH]c2ccccc12)c1ccc(Cl)cc1. The largest absolute Gasteiger partial charge is 0.360 e. The Morgan fingerprint density at radius 1 is 1.14 bits per heavy atom. The van der Waals surface area contributed by atoms with Crippen LogP contribution in [0.5, 0.6) is 0 Å². The van der Waals surface area contributed by atoms with Gasteiger partial charge in [-0.3, -0.25) is 4.79 Å². The van der Waals surface area contributed by atoms with Crippen LogP contribution in [0.1, 0.15) is 22.8 Å². The van der Waals surface area contributed by atoms with Gasteiger partial charge in [-0.15, -0.1) is 0 Å². The van der Waals surface area contributed by atoms with E-state index in [0.29, 0.717) is 16.3 Å². The van der Waals surface area contributed by atoms with Crippen LogP contribution in [0.3, 0.4) is 0 Å². The van der Waals surface area contributed by atoms with E-state index in [-0.39, 0.29) is 5.91 Å². The first-order valence-electron chi connectivity index (χ1n) is 6.82. The van der Waals surface area contributed by atoms with Crippen molar-refractivity contribution >= 4 is 34.1 Å². The van der Waals surface area contributed by atoms with Gasteiger partial charge in [0.2, 0.25) is 0 Å². The molecule has 0 aliphatic heterocycles. The Labute approximate surface area is 132 Å². The molecule has 3 aromatic rings. The summed E-state index contributed by atoms with van der Waals surface area (Å²) in [5.41, 5.74) is 5.70. The number of H-pyrrole nitrogens is 1. The second-order valence-corrected chi connectivity index (χ2v) is 5.33. The molecular weight excluding hydrogens is 298 g/mol. The Morgan fingerprint density at radius 2 is 1.86 bits per heavy atom. The highest BCUT2D eigenvalue weighted by Crippen LogP contribution is 2.17. The van der Waals surface area contributed by atoms with Gasteiger partial charge in [-0.1, -0.05) is 41.9 Å². The highest BCUT2D eigenvalue weighted by Gasteiger charge is 2.10. The maximum Gasteiger partial charge on any atom is 0.273 e. The van der Waals surface area contributed by atoms with E-state index in [1.807, 2.05) is 43.3 Å². The van der Waals surface area contributed by atoms with Crippen LogP contribution >= 0.6 is 11.6 Å². The van der Waals surface area contributed by atoms with Crippen molar-refractivity contribution in [2.75, 3.05) is 0 Å². The number of rotatable bonds is 3. The molecule has 0 aliphatic carbocycles. The van der Waals surface area contributed by atoms with Crippen molar-refractivity contribution in [1.82, 2.24) is 10.4 Å². The predicted octanol–water partition coefficient (Wildman–Crippen LogP) is 3.98. The van der Waals surface area contributed by atoms with E-state index in [4.69, 9.17) is 11.6 Å². The molecule has 3 rings (SSSR count). The number of carbonyl (C=O) groups excluding carboxylic acids is 1. The number of benzene rings is 2. The van der Waals surface area contributed by atoms with Crippen molar-refractivity contribution in [1.29, 1.82) is 0 Å². The first-order chi connectivity index (χ1) is 10.6. The van der Waals surface area contributed by atoms with Crippen LogP contribution in [0, 0.1) is 0 Å². The van der Waals surface area contributed by atoms with Gasteiger partial charge in [0.1, 0.15) is 0 Å². The monoisotopic (exact) mass is 311 g/mol. The zero-order valence-corrected chi connectivity index (χ0v) is 12.7. The number of hydrazone groups is 1. The number of nitrogens with zero attached hydrogens (tertiary/aromatic N) is 1. The smallest absolute Gasteiger partial charge is 0.273 e. The number of halogens is 1. The van der Waals surface area contributed by atoms with Crippen LogP contribution in [-0.4, -0.2) is 16.6 Å². The number of fused-ring (bicyclic) bond motifs is 1. The van der Waals surface area contributed by atoms with Gasteiger partial charge in [-0.2, -0.15) is 5.10 Å². The lowest BCUT2D eigenvalue weighted by atomic mass is 10.1. The van der Waals surface area contributed by atoms with E-state index >= 15 is 0 Å². The molecule has 0 saturated heterocycles. The zero-order chi connectivity index (χ0) is 15.5. The van der Waals surface area contributed by atoms with Crippen LogP contribution < -0.4 is 5.43 Å². The summed E-state index contributed by atoms with van der Waals surface area (Å²) >= 11 is 5.85. The lowest BCUT2D eigenvalue weighted by Gasteiger charge is -2.02. The number of hydrogen-bond donors (Lipinski definition) is 2. The quantitative estimate of drug-likeness (QED) is 0.558. The third kappa shape index (κ3) is 2.87. The minimum absolute atomic E-state index is 0.245. The summed E-state index contributed by atoms with van der Waals surface area (Å²) in [6.07, 6.45) is 1.69. The summed E-state index contributed by atoms with van der Waals surface area (Å²) < 4.78 is 0. The average molecular weight is 312 g/mol. The molecule has 0 spiro atoms. The molecule has 0 radical (unpaired) electrons. The molecule has 5 heteroatoms. The number of amides is 1. The molecule has 0 atom stereocenters. The van der Waals surface area contributed by atoms with E-state index in [1.54, 1.807) is 18.3 Å². The Balaban J connectivity index is 1.79. The molecule has 0 fully saturated rings. The van der Waals surface area contributed by atoms with Gasteiger partial charge in [-0.05, 0) is 30.7 Å². The Kier molecular flexibility index (Phi) is 3.94. The molecular formula is C17H14ClN3O. The lowest BCUT2D eigenvalue weighted by Crippen LogP contribution is -2.19. The second-order valence-electron chi connectivity index (χ2n) is 4.89. The van der Waals surface area contributed by atoms with Crippen LogP contribution in [-0.2, 0) is 0 Å². The standard InChI is InChI=1S/C17H14ClN3O/c1-11(12-6-8-13(18)9-7-12)20-21-17(22)15-10-19-16-5-3-2-4-14(15)16/h2-10,19H,1H3,(H,21,22). The molecule has 0 saturated carbocycles. The maximum atomic E-state index is 12.3. The molecule has 1 amide bonds. The van der Waals surface area contributed by atoms with E-state index in [0.717, 1.165) is 16.5 Å². The van der Waals surface area contributed by atoms with Gasteiger partial charge < -0.3 is 4.98 Å². The molecule has 1 aromatic heterocycles. The van der Waals surface area contributed by atoms with Crippen molar-refractivity contribution in [2.45, 2.75) is 6.92 Å². The Bertz CT molecular complexity index is 850. The fourth-order valence-electron chi connectivity index (χ4n) is 2.21. The summed E-state index contributed by atoms with van der Waals surface area (Å²) in [6.45, 7) is 1.83. The number of carbonyl (C=O) groups is 1. The summed E-state index contributed by atoms with van der Waals surface area (Å²) in [6, 6.07) is 14.9. The number of nitrogens with one attached hydrogen (secondary N) is 2. The molecule has 2 N–H and O–H groups in total. The van der Waals surface area contributed by atoms with Gasteiger partial charge in [-0.25, -0.2) is 5.43 Å². The predicted molar refractivity (Wildman–Crippen MR) is 89.4 cm³/mol. The lowest BCUT2D eigenvalue weighted by molar-refractivity contribution is 0.0956. The Morgan fingerprint density at radius 3 is 2.64 bits per heavy atom. The molecule has 2 aromatic carbocycles. The average Bonchev–Trinajstić information content (AvgIpc) is 2.97. The third-order valence-corrected chi connectivity index (χ3v) is 3.67. The number of aromatic nitrogens is 1. The normalized spacial score (nSPS) is 11.6. The second kappa shape index (κ2) is 6.03. The van der Waals surface area contributed by atoms with Crippen LogP contribution in [0.2, 0.25) is 5.02 Å². The van der Waals surface area contributed by atoms with Crippen LogP contribution in [0.25, 0.3) is 10.9 Å². The fraction of sp³-hybridized carbons (Fsp3) is 0.0588. The maximum absolute atomic E-state index is 12.3. The number of hydrogen-bond acceptors (Lipinski definition) is 2. The molecule has 0 aliphatic rings. The Hall–Kier alpha value is -2.59. The molecule has 4 nitrogen and oxygen atoms in total. The van der Waals surface area contributed by atoms with E-state index in [1.165, 1.54) is 0 Å². The summed E-state index contributed by atoms with van der Waals surface area (Å²) in [4.78, 5) is 15.3. The van der Waals surface area contributed by atoms with Crippen molar-refractivity contribution in [3.8, 4) is 0 Å². The molecule has 0 bridgehead atoms. The summed E-state index contributed by atoms with van der Waals surface area (Å²) in [7, 11) is 0. The fourth-order valence-corrected chi connectivity index (χ4v) is 2.34. The topological polar surface area (TPSA) is 57.2 Å². The third-order valence-electron chi connectivity index (χ3n) is 3.42. The summed E-state index contributed by atoms with van der Waals surface area (Å²) in [5, 5.41) is 5.69.